The molecule has 1 unspecified atom stereocenters. The molecule has 0 radical (unpaired) electrons. The summed E-state index contributed by atoms with van der Waals surface area (Å²) in [6.07, 6.45) is 5.60. The summed E-state index contributed by atoms with van der Waals surface area (Å²) < 4.78 is 0. The fourth-order valence-electron chi connectivity index (χ4n) is 5.32. The van der Waals surface area contributed by atoms with Gasteiger partial charge in [0.2, 0.25) is 11.8 Å². The molecule has 39 heavy (non-hydrogen) atoms. The van der Waals surface area contributed by atoms with Gasteiger partial charge in [-0.2, -0.15) is 0 Å². The lowest BCUT2D eigenvalue weighted by atomic mass is 9.88. The quantitative estimate of drug-likeness (QED) is 0.237. The first-order chi connectivity index (χ1) is 18.8. The Hall–Kier alpha value is -2.36. The molecule has 2 fully saturated rings. The first-order valence-corrected chi connectivity index (χ1v) is 15.4. The number of hydrogen-bond acceptors (Lipinski definition) is 7. The van der Waals surface area contributed by atoms with Crippen molar-refractivity contribution in [3.8, 4) is 0 Å². The van der Waals surface area contributed by atoms with Crippen LogP contribution < -0.4 is 4.90 Å². The zero-order valence-corrected chi connectivity index (χ0v) is 25.0. The van der Waals surface area contributed by atoms with Crippen molar-refractivity contribution in [1.29, 1.82) is 0 Å². The van der Waals surface area contributed by atoms with Crippen molar-refractivity contribution in [3.05, 3.63) is 47.1 Å². The number of rotatable bonds is 10. The molecule has 1 atom stereocenters. The number of thioether (sulfide) groups is 1. The van der Waals surface area contributed by atoms with Gasteiger partial charge in [-0.15, -0.1) is 0 Å². The lowest BCUT2D eigenvalue weighted by molar-refractivity contribution is -0.139. The number of carbonyl (C=O) groups excluding carboxylic acids is 2. The van der Waals surface area contributed by atoms with Crippen molar-refractivity contribution in [2.24, 2.45) is 5.92 Å². The van der Waals surface area contributed by atoms with Crippen LogP contribution >= 0.6 is 23.4 Å². The van der Waals surface area contributed by atoms with Gasteiger partial charge in [0.25, 0.3) is 0 Å². The standard InChI is InChI=1S/C29H41ClN6O2S/c1-22-19-34(16-17-36(22)28(38)24-12-8-5-9-13-24)26-18-25(30)31-29(32-26)39-21-27(37)35(15-14-33(2)3)20-23-10-6-4-7-11-23/h4,6-7,10-11,18,22,24H,5,8-9,12-17,19-21H2,1-3H3. The van der Waals surface area contributed by atoms with Crippen LogP contribution in [0.2, 0.25) is 5.15 Å². The maximum Gasteiger partial charge on any atom is 0.233 e. The van der Waals surface area contributed by atoms with E-state index in [0.717, 1.165) is 43.6 Å². The molecule has 0 bridgehead atoms. The van der Waals surface area contributed by atoms with Gasteiger partial charge >= 0.3 is 0 Å². The summed E-state index contributed by atoms with van der Waals surface area (Å²) in [5.41, 5.74) is 1.10. The summed E-state index contributed by atoms with van der Waals surface area (Å²) in [6.45, 7) is 6.19. The van der Waals surface area contributed by atoms with Gasteiger partial charge in [0.05, 0.1) is 5.75 Å². The number of carbonyl (C=O) groups is 2. The van der Waals surface area contributed by atoms with Crippen LogP contribution in [-0.2, 0) is 16.1 Å². The van der Waals surface area contributed by atoms with Gasteiger partial charge in [0, 0.05) is 57.3 Å². The second-order valence-corrected chi connectivity index (χ2v) is 12.2. The molecule has 0 N–H and O–H groups in total. The van der Waals surface area contributed by atoms with Gasteiger partial charge in [0.1, 0.15) is 11.0 Å². The zero-order valence-electron chi connectivity index (χ0n) is 23.4. The van der Waals surface area contributed by atoms with Crippen molar-refractivity contribution in [2.45, 2.75) is 56.8 Å². The number of nitrogens with zero attached hydrogens (tertiary/aromatic N) is 6. The normalized spacial score (nSPS) is 18.4. The molecule has 1 saturated carbocycles. The zero-order chi connectivity index (χ0) is 27.8. The third-order valence-electron chi connectivity index (χ3n) is 7.56. The molecule has 212 valence electrons. The van der Waals surface area contributed by atoms with Crippen molar-refractivity contribution in [2.75, 3.05) is 57.5 Å². The number of piperazine rings is 1. The molecule has 8 nitrogen and oxygen atoms in total. The Bertz CT molecular complexity index is 1100. The van der Waals surface area contributed by atoms with Crippen LogP contribution in [0.15, 0.2) is 41.6 Å². The molecule has 2 heterocycles. The maximum atomic E-state index is 13.2. The van der Waals surface area contributed by atoms with E-state index in [2.05, 4.69) is 26.6 Å². The summed E-state index contributed by atoms with van der Waals surface area (Å²) in [4.78, 5) is 43.7. The van der Waals surface area contributed by atoms with E-state index in [1.54, 1.807) is 6.07 Å². The van der Waals surface area contributed by atoms with Crippen LogP contribution in [0.4, 0.5) is 5.82 Å². The Kier molecular flexibility index (Phi) is 10.9. The fourth-order valence-corrected chi connectivity index (χ4v) is 6.31. The first kappa shape index (κ1) is 29.6. The van der Waals surface area contributed by atoms with Crippen molar-refractivity contribution >= 4 is 41.0 Å². The number of halogens is 1. The highest BCUT2D eigenvalue weighted by atomic mass is 35.5. The number of hydrogen-bond donors (Lipinski definition) is 0. The Morgan fingerprint density at radius 2 is 1.79 bits per heavy atom. The fraction of sp³-hybridized carbons (Fsp3) is 0.586. The molecule has 1 aliphatic carbocycles. The maximum absolute atomic E-state index is 13.2. The van der Waals surface area contributed by atoms with Crippen LogP contribution in [0, 0.1) is 5.92 Å². The van der Waals surface area contributed by atoms with E-state index in [9.17, 15) is 9.59 Å². The number of amides is 2. The van der Waals surface area contributed by atoms with Crippen molar-refractivity contribution in [3.63, 3.8) is 0 Å². The molecule has 10 heteroatoms. The Morgan fingerprint density at radius 3 is 2.49 bits per heavy atom. The molecule has 1 saturated heterocycles. The second-order valence-electron chi connectivity index (χ2n) is 10.9. The van der Waals surface area contributed by atoms with Gasteiger partial charge < -0.3 is 19.6 Å². The summed E-state index contributed by atoms with van der Waals surface area (Å²) >= 11 is 7.72. The molecule has 2 amide bonds. The van der Waals surface area contributed by atoms with Gasteiger partial charge in [-0.05, 0) is 39.4 Å². The second kappa shape index (κ2) is 14.3. The summed E-state index contributed by atoms with van der Waals surface area (Å²) in [7, 11) is 4.02. The molecule has 1 aliphatic heterocycles. The number of likely N-dealkylation sites (N-methyl/N-ethyl adjacent to an activating group) is 1. The lowest BCUT2D eigenvalue weighted by Crippen LogP contribution is -2.55. The SMILES string of the molecule is CC1CN(c2cc(Cl)nc(SCC(=O)N(CCN(C)C)Cc3ccccc3)n2)CCN1C(=O)C1CCCCC1. The van der Waals surface area contributed by atoms with E-state index in [4.69, 9.17) is 16.6 Å². The number of aromatic nitrogens is 2. The van der Waals surface area contributed by atoms with Crippen molar-refractivity contribution in [1.82, 2.24) is 24.7 Å². The highest BCUT2D eigenvalue weighted by Crippen LogP contribution is 2.29. The van der Waals surface area contributed by atoms with Crippen LogP contribution in [0.5, 0.6) is 0 Å². The lowest BCUT2D eigenvalue weighted by Gasteiger charge is -2.42. The van der Waals surface area contributed by atoms with E-state index in [0.29, 0.717) is 48.9 Å². The van der Waals surface area contributed by atoms with Crippen molar-refractivity contribution < 1.29 is 9.59 Å². The molecule has 2 aromatic rings. The minimum Gasteiger partial charge on any atom is -0.353 e. The minimum atomic E-state index is 0.0410. The Morgan fingerprint density at radius 1 is 1.05 bits per heavy atom. The van der Waals surface area contributed by atoms with Gasteiger partial charge in [-0.25, -0.2) is 9.97 Å². The van der Waals surface area contributed by atoms with E-state index < -0.39 is 0 Å². The largest absolute Gasteiger partial charge is 0.353 e. The van der Waals surface area contributed by atoms with Crippen LogP contribution in [-0.4, -0.2) is 95.1 Å². The topological polar surface area (TPSA) is 72.9 Å². The predicted molar refractivity (Wildman–Crippen MR) is 158 cm³/mol. The van der Waals surface area contributed by atoms with E-state index >= 15 is 0 Å². The smallest absolute Gasteiger partial charge is 0.233 e. The van der Waals surface area contributed by atoms with Crippen LogP contribution in [0.3, 0.4) is 0 Å². The highest BCUT2D eigenvalue weighted by Gasteiger charge is 2.33. The van der Waals surface area contributed by atoms with Gasteiger partial charge in [-0.1, -0.05) is 73.0 Å². The Balaban J connectivity index is 1.36. The van der Waals surface area contributed by atoms with Crippen LogP contribution in [0.1, 0.15) is 44.6 Å². The van der Waals surface area contributed by atoms with E-state index in [1.165, 1.54) is 18.2 Å². The monoisotopic (exact) mass is 572 g/mol. The number of benzene rings is 1. The van der Waals surface area contributed by atoms with Gasteiger partial charge in [-0.3, -0.25) is 9.59 Å². The molecular weight excluding hydrogens is 532 g/mol. The molecule has 1 aromatic carbocycles. The minimum absolute atomic E-state index is 0.0410. The molecule has 1 aromatic heterocycles. The highest BCUT2D eigenvalue weighted by molar-refractivity contribution is 7.99. The van der Waals surface area contributed by atoms with E-state index in [1.807, 2.05) is 49.3 Å². The molecule has 0 spiro atoms. The molecule has 2 aliphatic rings. The molecule has 4 rings (SSSR count). The van der Waals surface area contributed by atoms with Crippen LogP contribution in [0.25, 0.3) is 0 Å². The third-order valence-corrected chi connectivity index (χ3v) is 8.59. The molecular formula is C29H41ClN6O2S. The average Bonchev–Trinajstić information content (AvgIpc) is 2.94. The van der Waals surface area contributed by atoms with E-state index in [-0.39, 0.29) is 23.6 Å². The predicted octanol–water partition coefficient (Wildman–Crippen LogP) is 4.43. The summed E-state index contributed by atoms with van der Waals surface area (Å²) in [5.74, 6) is 1.52. The summed E-state index contributed by atoms with van der Waals surface area (Å²) in [5, 5.41) is 0.851. The average molecular weight is 573 g/mol. The number of anilines is 1. The van der Waals surface area contributed by atoms with Gasteiger partial charge in [0.15, 0.2) is 5.16 Å². The third kappa shape index (κ3) is 8.56. The first-order valence-electron chi connectivity index (χ1n) is 14.0. The Labute approximate surface area is 242 Å². The summed E-state index contributed by atoms with van der Waals surface area (Å²) in [6, 6.07) is 11.9.